The van der Waals surface area contributed by atoms with E-state index in [1.165, 1.54) is 12.1 Å². The number of ether oxygens (including phenoxy) is 2. The summed E-state index contributed by atoms with van der Waals surface area (Å²) in [4.78, 5) is 0. The summed E-state index contributed by atoms with van der Waals surface area (Å²) in [7, 11) is 0. The summed E-state index contributed by atoms with van der Waals surface area (Å²) in [6, 6.07) is 4.94. The Bertz CT molecular complexity index is 405. The van der Waals surface area contributed by atoms with Crippen molar-refractivity contribution in [2.45, 2.75) is 44.8 Å². The zero-order valence-electron chi connectivity index (χ0n) is 11.4. The summed E-state index contributed by atoms with van der Waals surface area (Å²) in [5.41, 5.74) is 6.81. The number of rotatable bonds is 5. The van der Waals surface area contributed by atoms with Crippen LogP contribution in [0, 0.1) is 5.82 Å². The van der Waals surface area contributed by atoms with E-state index in [0.29, 0.717) is 25.4 Å². The van der Waals surface area contributed by atoms with Crippen molar-refractivity contribution in [1.29, 1.82) is 0 Å². The minimum Gasteiger partial charge on any atom is -0.490 e. The Morgan fingerprint density at radius 2 is 2.11 bits per heavy atom. The largest absolute Gasteiger partial charge is 0.490 e. The summed E-state index contributed by atoms with van der Waals surface area (Å²) in [6.45, 7) is 3.46. The topological polar surface area (TPSA) is 44.5 Å². The molecule has 106 valence electrons. The number of nitrogens with two attached hydrogens (primary N) is 1. The van der Waals surface area contributed by atoms with Crippen molar-refractivity contribution in [1.82, 2.24) is 0 Å². The molecule has 1 aromatic carbocycles. The zero-order chi connectivity index (χ0) is 13.7. The smallest absolute Gasteiger partial charge is 0.127 e. The van der Waals surface area contributed by atoms with Gasteiger partial charge in [-0.15, -0.1) is 0 Å². The van der Waals surface area contributed by atoms with Crippen LogP contribution in [0.3, 0.4) is 0 Å². The second-order valence-electron chi connectivity index (χ2n) is 5.10. The van der Waals surface area contributed by atoms with E-state index in [-0.39, 0.29) is 18.0 Å². The molecule has 1 saturated heterocycles. The highest BCUT2D eigenvalue weighted by atomic mass is 19.1. The molecule has 0 aromatic heterocycles. The third-order valence-electron chi connectivity index (χ3n) is 3.42. The lowest BCUT2D eigenvalue weighted by Gasteiger charge is -2.23. The van der Waals surface area contributed by atoms with Crippen LogP contribution in [0.15, 0.2) is 18.2 Å². The Hall–Kier alpha value is -1.13. The molecule has 1 aliphatic rings. The van der Waals surface area contributed by atoms with Crippen molar-refractivity contribution in [3.63, 3.8) is 0 Å². The van der Waals surface area contributed by atoms with E-state index in [2.05, 4.69) is 0 Å². The van der Waals surface area contributed by atoms with Gasteiger partial charge in [-0.05, 0) is 30.5 Å². The van der Waals surface area contributed by atoms with Crippen LogP contribution in [0.25, 0.3) is 0 Å². The second-order valence-corrected chi connectivity index (χ2v) is 5.10. The van der Waals surface area contributed by atoms with Crippen molar-refractivity contribution >= 4 is 0 Å². The predicted octanol–water partition coefficient (Wildman–Crippen LogP) is 2.66. The molecule has 0 saturated carbocycles. The van der Waals surface area contributed by atoms with Gasteiger partial charge in [0.2, 0.25) is 0 Å². The molecule has 0 amide bonds. The lowest BCUT2D eigenvalue weighted by atomic mass is 10.0. The fourth-order valence-electron chi connectivity index (χ4n) is 2.24. The Labute approximate surface area is 113 Å². The maximum absolute atomic E-state index is 13.6. The van der Waals surface area contributed by atoms with Crippen molar-refractivity contribution in [3.05, 3.63) is 29.6 Å². The molecule has 0 aliphatic carbocycles. The molecular weight excluding hydrogens is 245 g/mol. The average Bonchev–Trinajstić information content (AvgIpc) is 2.39. The Morgan fingerprint density at radius 1 is 1.37 bits per heavy atom. The van der Waals surface area contributed by atoms with E-state index in [1.807, 2.05) is 13.0 Å². The molecule has 0 bridgehead atoms. The van der Waals surface area contributed by atoms with E-state index in [1.54, 1.807) is 0 Å². The highest BCUT2D eigenvalue weighted by molar-refractivity contribution is 5.30. The van der Waals surface area contributed by atoms with Gasteiger partial charge in [-0.1, -0.05) is 6.92 Å². The SMILES string of the molecule is CCC(N)Cc1cc(F)cc(OC2CCOCC2)c1. The van der Waals surface area contributed by atoms with Gasteiger partial charge in [-0.2, -0.15) is 0 Å². The van der Waals surface area contributed by atoms with Crippen LogP contribution in [-0.4, -0.2) is 25.4 Å². The third kappa shape index (κ3) is 4.48. The molecule has 2 rings (SSSR count). The van der Waals surface area contributed by atoms with Crippen LogP contribution in [0.1, 0.15) is 31.7 Å². The van der Waals surface area contributed by atoms with Gasteiger partial charge in [-0.25, -0.2) is 4.39 Å². The highest BCUT2D eigenvalue weighted by Gasteiger charge is 2.16. The van der Waals surface area contributed by atoms with Crippen LogP contribution in [0.5, 0.6) is 5.75 Å². The fraction of sp³-hybridized carbons (Fsp3) is 0.600. The minimum absolute atomic E-state index is 0.0673. The third-order valence-corrected chi connectivity index (χ3v) is 3.42. The molecular formula is C15H22FNO2. The van der Waals surface area contributed by atoms with Gasteiger partial charge >= 0.3 is 0 Å². The zero-order valence-corrected chi connectivity index (χ0v) is 11.4. The molecule has 1 aliphatic heterocycles. The van der Waals surface area contributed by atoms with Gasteiger partial charge in [0, 0.05) is 24.9 Å². The number of halogens is 1. The lowest BCUT2D eigenvalue weighted by Crippen LogP contribution is -2.26. The summed E-state index contributed by atoms with van der Waals surface area (Å²) in [6.07, 6.45) is 3.41. The first kappa shape index (κ1) is 14.3. The number of hydrogen-bond acceptors (Lipinski definition) is 3. The maximum atomic E-state index is 13.6. The molecule has 0 spiro atoms. The summed E-state index contributed by atoms with van der Waals surface area (Å²) < 4.78 is 24.7. The van der Waals surface area contributed by atoms with E-state index in [4.69, 9.17) is 15.2 Å². The summed E-state index contributed by atoms with van der Waals surface area (Å²) >= 11 is 0. The van der Waals surface area contributed by atoms with Crippen LogP contribution in [0.4, 0.5) is 4.39 Å². The molecule has 2 N–H and O–H groups in total. The van der Waals surface area contributed by atoms with E-state index >= 15 is 0 Å². The van der Waals surface area contributed by atoms with Crippen LogP contribution >= 0.6 is 0 Å². The van der Waals surface area contributed by atoms with Crippen molar-refractivity contribution in [2.75, 3.05) is 13.2 Å². The normalized spacial score (nSPS) is 18.3. The van der Waals surface area contributed by atoms with Crippen molar-refractivity contribution < 1.29 is 13.9 Å². The molecule has 1 fully saturated rings. The number of hydrogen-bond donors (Lipinski definition) is 1. The van der Waals surface area contributed by atoms with Crippen molar-refractivity contribution in [3.8, 4) is 5.75 Å². The monoisotopic (exact) mass is 267 g/mol. The van der Waals surface area contributed by atoms with E-state index in [0.717, 1.165) is 24.8 Å². The van der Waals surface area contributed by atoms with Gasteiger partial charge in [0.1, 0.15) is 17.7 Å². The van der Waals surface area contributed by atoms with Gasteiger partial charge < -0.3 is 15.2 Å². The second kappa shape index (κ2) is 6.87. The van der Waals surface area contributed by atoms with Gasteiger partial charge in [-0.3, -0.25) is 0 Å². The van der Waals surface area contributed by atoms with Gasteiger partial charge in [0.15, 0.2) is 0 Å². The fourth-order valence-corrected chi connectivity index (χ4v) is 2.24. The standard InChI is InChI=1S/C15H22FNO2/c1-2-13(17)8-11-7-12(16)10-15(9-11)19-14-3-5-18-6-4-14/h7,9-10,13-14H,2-6,8,17H2,1H3. The minimum atomic E-state index is -0.261. The molecule has 1 heterocycles. The first-order valence-corrected chi connectivity index (χ1v) is 6.97. The molecule has 3 nitrogen and oxygen atoms in total. The molecule has 4 heteroatoms. The number of benzene rings is 1. The highest BCUT2D eigenvalue weighted by Crippen LogP contribution is 2.22. The first-order chi connectivity index (χ1) is 9.17. The molecule has 0 radical (unpaired) electrons. The summed E-state index contributed by atoms with van der Waals surface area (Å²) in [5.74, 6) is 0.341. The van der Waals surface area contributed by atoms with E-state index < -0.39 is 0 Å². The van der Waals surface area contributed by atoms with Crippen LogP contribution < -0.4 is 10.5 Å². The van der Waals surface area contributed by atoms with Crippen LogP contribution in [-0.2, 0) is 11.2 Å². The van der Waals surface area contributed by atoms with Gasteiger partial charge in [0.25, 0.3) is 0 Å². The quantitative estimate of drug-likeness (QED) is 0.892. The molecule has 1 atom stereocenters. The molecule has 1 unspecified atom stereocenters. The van der Waals surface area contributed by atoms with Crippen molar-refractivity contribution in [2.24, 2.45) is 5.73 Å². The summed E-state index contributed by atoms with van der Waals surface area (Å²) in [5, 5.41) is 0. The van der Waals surface area contributed by atoms with E-state index in [9.17, 15) is 4.39 Å². The first-order valence-electron chi connectivity index (χ1n) is 6.97. The Balaban J connectivity index is 2.03. The average molecular weight is 267 g/mol. The molecule has 19 heavy (non-hydrogen) atoms. The Kier molecular flexibility index (Phi) is 5.16. The predicted molar refractivity (Wildman–Crippen MR) is 72.8 cm³/mol. The van der Waals surface area contributed by atoms with Crippen LogP contribution in [0.2, 0.25) is 0 Å². The lowest BCUT2D eigenvalue weighted by molar-refractivity contribution is 0.0254. The maximum Gasteiger partial charge on any atom is 0.127 e. The molecule has 1 aromatic rings. The van der Waals surface area contributed by atoms with Gasteiger partial charge in [0.05, 0.1) is 13.2 Å². The Morgan fingerprint density at radius 3 is 2.79 bits per heavy atom.